The Hall–Kier alpha value is -3.06. The third-order valence-electron chi connectivity index (χ3n) is 4.28. The number of carbonyl (C=O) groups excluding carboxylic acids is 2. The van der Waals surface area contributed by atoms with Crippen LogP contribution in [0, 0.1) is 0 Å². The first kappa shape index (κ1) is 19.7. The second-order valence-electron chi connectivity index (χ2n) is 6.28. The third kappa shape index (κ3) is 4.80. The average molecular weight is 398 g/mol. The van der Waals surface area contributed by atoms with Crippen LogP contribution < -0.4 is 4.74 Å². The van der Waals surface area contributed by atoms with Crippen molar-refractivity contribution in [3.63, 3.8) is 0 Å². The number of methoxy groups -OCH3 is 1. The largest absolute Gasteiger partial charge is 0.496 e. The van der Waals surface area contributed by atoms with Crippen molar-refractivity contribution in [2.45, 2.75) is 13.1 Å². The summed E-state index contributed by atoms with van der Waals surface area (Å²) in [6.45, 7) is 0.820. The average Bonchev–Trinajstić information content (AvgIpc) is 3.41. The number of benzene rings is 1. The maximum Gasteiger partial charge on any atom is 0.289 e. The highest BCUT2D eigenvalue weighted by molar-refractivity contribution is 7.09. The molecule has 3 rings (SSSR count). The smallest absolute Gasteiger partial charge is 0.289 e. The number of ether oxygens (including phenoxy) is 1. The minimum absolute atomic E-state index is 0.0416. The van der Waals surface area contributed by atoms with Crippen molar-refractivity contribution in [1.82, 2.24) is 9.80 Å². The van der Waals surface area contributed by atoms with E-state index in [2.05, 4.69) is 0 Å². The molecule has 146 valence electrons. The van der Waals surface area contributed by atoms with Crippen molar-refractivity contribution in [1.29, 1.82) is 0 Å². The van der Waals surface area contributed by atoms with Crippen molar-refractivity contribution in [2.75, 3.05) is 20.7 Å². The van der Waals surface area contributed by atoms with Gasteiger partial charge < -0.3 is 19.0 Å². The monoisotopic (exact) mass is 398 g/mol. The fourth-order valence-corrected chi connectivity index (χ4v) is 3.54. The topological polar surface area (TPSA) is 63.0 Å². The van der Waals surface area contributed by atoms with Gasteiger partial charge in [-0.05, 0) is 29.6 Å². The van der Waals surface area contributed by atoms with Crippen LogP contribution in [0.4, 0.5) is 0 Å². The van der Waals surface area contributed by atoms with Crippen LogP contribution in [0.1, 0.15) is 21.0 Å². The van der Waals surface area contributed by atoms with Crippen LogP contribution >= 0.6 is 11.3 Å². The summed E-state index contributed by atoms with van der Waals surface area (Å²) in [7, 11) is 3.20. The van der Waals surface area contributed by atoms with E-state index < -0.39 is 0 Å². The van der Waals surface area contributed by atoms with Crippen molar-refractivity contribution in [3.8, 4) is 5.75 Å². The number of thiophene rings is 1. The molecule has 0 unspecified atom stereocenters. The predicted molar refractivity (Wildman–Crippen MR) is 107 cm³/mol. The highest BCUT2D eigenvalue weighted by Gasteiger charge is 2.22. The van der Waals surface area contributed by atoms with Gasteiger partial charge in [-0.3, -0.25) is 9.59 Å². The molecule has 2 heterocycles. The van der Waals surface area contributed by atoms with E-state index in [-0.39, 0.29) is 24.1 Å². The first-order valence-electron chi connectivity index (χ1n) is 8.79. The SMILES string of the molecule is COc1ccccc1CN(Cc1cccs1)C(=O)CN(C)C(=O)c1ccco1. The zero-order valence-corrected chi connectivity index (χ0v) is 16.6. The predicted octanol–water partition coefficient (Wildman–Crippen LogP) is 3.65. The van der Waals surface area contributed by atoms with Crippen molar-refractivity contribution >= 4 is 23.2 Å². The number of para-hydroxylation sites is 1. The Kier molecular flexibility index (Phi) is 6.49. The summed E-state index contributed by atoms with van der Waals surface area (Å²) in [5, 5.41) is 1.98. The van der Waals surface area contributed by atoms with Gasteiger partial charge >= 0.3 is 0 Å². The standard InChI is InChI=1S/C21H22N2O4S/c1-22(21(25)19-10-5-11-27-19)15-20(24)23(14-17-8-6-12-28-17)13-16-7-3-4-9-18(16)26-2/h3-12H,13-15H2,1-2H3. The van der Waals surface area contributed by atoms with E-state index in [0.717, 1.165) is 16.2 Å². The summed E-state index contributed by atoms with van der Waals surface area (Å²) in [4.78, 5) is 29.6. The highest BCUT2D eigenvalue weighted by atomic mass is 32.1. The van der Waals surface area contributed by atoms with Gasteiger partial charge in [0.1, 0.15) is 5.75 Å². The summed E-state index contributed by atoms with van der Waals surface area (Å²) in [6.07, 6.45) is 1.44. The summed E-state index contributed by atoms with van der Waals surface area (Å²) >= 11 is 1.59. The molecule has 2 amide bonds. The molecule has 1 aromatic carbocycles. The number of hydrogen-bond donors (Lipinski definition) is 0. The summed E-state index contributed by atoms with van der Waals surface area (Å²) in [5.41, 5.74) is 0.912. The lowest BCUT2D eigenvalue weighted by Gasteiger charge is -2.26. The number of carbonyl (C=O) groups is 2. The molecule has 2 aromatic heterocycles. The number of hydrogen-bond acceptors (Lipinski definition) is 5. The van der Waals surface area contributed by atoms with E-state index in [1.807, 2.05) is 41.8 Å². The minimum Gasteiger partial charge on any atom is -0.496 e. The van der Waals surface area contributed by atoms with E-state index in [9.17, 15) is 9.59 Å². The highest BCUT2D eigenvalue weighted by Crippen LogP contribution is 2.21. The van der Waals surface area contributed by atoms with Gasteiger partial charge in [0.05, 0.1) is 26.5 Å². The molecule has 0 aliphatic heterocycles. The number of furan rings is 1. The molecule has 0 fully saturated rings. The molecule has 0 aliphatic carbocycles. The Morgan fingerprint density at radius 2 is 1.89 bits per heavy atom. The first-order valence-corrected chi connectivity index (χ1v) is 9.67. The van der Waals surface area contributed by atoms with E-state index in [1.54, 1.807) is 42.5 Å². The third-order valence-corrected chi connectivity index (χ3v) is 5.15. The molecular formula is C21H22N2O4S. The molecule has 7 heteroatoms. The minimum atomic E-state index is -0.327. The van der Waals surface area contributed by atoms with Crippen LogP contribution in [-0.4, -0.2) is 42.3 Å². The quantitative estimate of drug-likeness (QED) is 0.581. The van der Waals surface area contributed by atoms with E-state index in [0.29, 0.717) is 13.1 Å². The maximum atomic E-state index is 13.0. The fraction of sp³-hybridized carbons (Fsp3) is 0.238. The van der Waals surface area contributed by atoms with Crippen LogP contribution in [0.5, 0.6) is 5.75 Å². The Labute approximate surface area is 167 Å². The maximum absolute atomic E-state index is 13.0. The number of nitrogens with zero attached hydrogens (tertiary/aromatic N) is 2. The zero-order valence-electron chi connectivity index (χ0n) is 15.8. The molecule has 3 aromatic rings. The van der Waals surface area contributed by atoms with Gasteiger partial charge in [0.25, 0.3) is 5.91 Å². The van der Waals surface area contributed by atoms with Gasteiger partial charge in [-0.1, -0.05) is 24.3 Å². The Morgan fingerprint density at radius 1 is 1.07 bits per heavy atom. The van der Waals surface area contributed by atoms with Crippen molar-refractivity contribution in [3.05, 3.63) is 76.4 Å². The van der Waals surface area contributed by atoms with E-state index >= 15 is 0 Å². The molecule has 0 radical (unpaired) electrons. The van der Waals surface area contributed by atoms with Crippen LogP contribution in [0.3, 0.4) is 0 Å². The molecule has 28 heavy (non-hydrogen) atoms. The molecule has 0 N–H and O–H groups in total. The second-order valence-corrected chi connectivity index (χ2v) is 7.31. The lowest BCUT2D eigenvalue weighted by Crippen LogP contribution is -2.40. The van der Waals surface area contributed by atoms with Crippen LogP contribution in [0.2, 0.25) is 0 Å². The number of likely N-dealkylation sites (N-methyl/N-ethyl adjacent to an activating group) is 1. The molecule has 0 atom stereocenters. The van der Waals surface area contributed by atoms with Crippen LogP contribution in [0.25, 0.3) is 0 Å². The zero-order chi connectivity index (χ0) is 19.9. The molecule has 0 aliphatic rings. The van der Waals surface area contributed by atoms with Gasteiger partial charge in [-0.15, -0.1) is 11.3 Å². The molecular weight excluding hydrogens is 376 g/mol. The Morgan fingerprint density at radius 3 is 2.57 bits per heavy atom. The second kappa shape index (κ2) is 9.23. The van der Waals surface area contributed by atoms with Gasteiger partial charge in [0, 0.05) is 24.0 Å². The van der Waals surface area contributed by atoms with E-state index in [1.165, 1.54) is 11.2 Å². The van der Waals surface area contributed by atoms with Gasteiger partial charge in [-0.25, -0.2) is 0 Å². The van der Waals surface area contributed by atoms with Gasteiger partial charge in [0.15, 0.2) is 5.76 Å². The summed E-state index contributed by atoms with van der Waals surface area (Å²) < 4.78 is 10.6. The number of amides is 2. The lowest BCUT2D eigenvalue weighted by molar-refractivity contribution is -0.132. The molecule has 0 saturated heterocycles. The first-order chi connectivity index (χ1) is 13.6. The molecule has 0 spiro atoms. The van der Waals surface area contributed by atoms with Gasteiger partial charge in [-0.2, -0.15) is 0 Å². The normalized spacial score (nSPS) is 10.5. The summed E-state index contributed by atoms with van der Waals surface area (Å²) in [6, 6.07) is 14.8. The fourth-order valence-electron chi connectivity index (χ4n) is 2.83. The molecule has 0 bridgehead atoms. The van der Waals surface area contributed by atoms with Crippen molar-refractivity contribution < 1.29 is 18.7 Å². The Bertz CT molecular complexity index is 906. The van der Waals surface area contributed by atoms with E-state index in [4.69, 9.17) is 9.15 Å². The Balaban J connectivity index is 1.75. The van der Waals surface area contributed by atoms with Crippen LogP contribution in [0.15, 0.2) is 64.6 Å². The summed E-state index contributed by atoms with van der Waals surface area (Å²) in [5.74, 6) is 0.463. The van der Waals surface area contributed by atoms with Gasteiger partial charge in [0.2, 0.25) is 5.91 Å². The molecule has 6 nitrogen and oxygen atoms in total. The lowest BCUT2D eigenvalue weighted by atomic mass is 10.2. The van der Waals surface area contributed by atoms with Crippen LogP contribution in [-0.2, 0) is 17.9 Å². The van der Waals surface area contributed by atoms with Crippen molar-refractivity contribution in [2.24, 2.45) is 0 Å². The number of rotatable bonds is 8. The molecule has 0 saturated carbocycles.